The smallest absolute Gasteiger partial charge is 0.268 e. The van der Waals surface area contributed by atoms with E-state index in [0.29, 0.717) is 18.2 Å². The van der Waals surface area contributed by atoms with Crippen molar-refractivity contribution in [2.24, 2.45) is 5.92 Å². The molecule has 3 aromatic rings. The summed E-state index contributed by atoms with van der Waals surface area (Å²) in [4.78, 5) is 12.6. The van der Waals surface area contributed by atoms with Crippen molar-refractivity contribution < 1.29 is 9.21 Å². The van der Waals surface area contributed by atoms with Crippen molar-refractivity contribution in [1.82, 2.24) is 9.88 Å². The molecule has 0 unspecified atom stereocenters. The zero-order valence-corrected chi connectivity index (χ0v) is 15.2. The third-order valence-corrected chi connectivity index (χ3v) is 4.31. The zero-order chi connectivity index (χ0) is 17.8. The molecule has 0 fully saturated rings. The van der Waals surface area contributed by atoms with Crippen LogP contribution in [0.2, 0.25) is 0 Å². The Hall–Kier alpha value is -2.49. The Bertz CT molecular complexity index is 844. The molecule has 0 spiro atoms. The van der Waals surface area contributed by atoms with Gasteiger partial charge in [0, 0.05) is 25.2 Å². The van der Waals surface area contributed by atoms with E-state index in [0.717, 1.165) is 36.2 Å². The van der Waals surface area contributed by atoms with Gasteiger partial charge in [0.2, 0.25) is 0 Å². The summed E-state index contributed by atoms with van der Waals surface area (Å²) in [5.74, 6) is 1.27. The molecule has 1 aromatic carbocycles. The van der Waals surface area contributed by atoms with E-state index in [9.17, 15) is 4.79 Å². The van der Waals surface area contributed by atoms with E-state index < -0.39 is 0 Å². The minimum absolute atomic E-state index is 0.0301. The number of furan rings is 1. The SMILES string of the molecule is Cc1cc2c(cc(C(=O)NCC(C)C)n2CCCc2ccccc2)o1. The molecule has 0 saturated heterocycles. The van der Waals surface area contributed by atoms with Crippen molar-refractivity contribution >= 4 is 17.0 Å². The highest BCUT2D eigenvalue weighted by Crippen LogP contribution is 2.24. The van der Waals surface area contributed by atoms with Crippen LogP contribution in [0.25, 0.3) is 11.1 Å². The summed E-state index contributed by atoms with van der Waals surface area (Å²) in [7, 11) is 0. The second kappa shape index (κ2) is 7.60. The van der Waals surface area contributed by atoms with Crippen molar-refractivity contribution in [3.05, 3.63) is 59.5 Å². The minimum Gasteiger partial charge on any atom is -0.460 e. The highest BCUT2D eigenvalue weighted by Gasteiger charge is 2.18. The molecule has 2 heterocycles. The maximum absolute atomic E-state index is 12.6. The zero-order valence-electron chi connectivity index (χ0n) is 15.2. The van der Waals surface area contributed by atoms with Crippen LogP contribution < -0.4 is 5.32 Å². The summed E-state index contributed by atoms with van der Waals surface area (Å²) in [5, 5.41) is 3.01. The van der Waals surface area contributed by atoms with E-state index in [1.807, 2.05) is 25.1 Å². The van der Waals surface area contributed by atoms with Gasteiger partial charge in [-0.1, -0.05) is 44.2 Å². The number of nitrogens with one attached hydrogen (secondary N) is 1. The molecule has 0 atom stereocenters. The molecule has 0 radical (unpaired) electrons. The fourth-order valence-electron chi connectivity index (χ4n) is 3.07. The molecule has 132 valence electrons. The van der Waals surface area contributed by atoms with E-state index in [1.165, 1.54) is 5.56 Å². The molecule has 25 heavy (non-hydrogen) atoms. The number of amides is 1. The Morgan fingerprint density at radius 3 is 2.68 bits per heavy atom. The molecule has 0 aliphatic heterocycles. The quantitative estimate of drug-likeness (QED) is 0.686. The summed E-state index contributed by atoms with van der Waals surface area (Å²) in [6.07, 6.45) is 1.97. The van der Waals surface area contributed by atoms with Crippen molar-refractivity contribution in [1.29, 1.82) is 0 Å². The molecule has 1 amide bonds. The average Bonchev–Trinajstić information content (AvgIpc) is 3.10. The summed E-state index contributed by atoms with van der Waals surface area (Å²) >= 11 is 0. The van der Waals surface area contributed by atoms with Crippen LogP contribution in [0.4, 0.5) is 0 Å². The largest absolute Gasteiger partial charge is 0.460 e. The molecular formula is C21H26N2O2. The molecule has 0 saturated carbocycles. The predicted molar refractivity (Wildman–Crippen MR) is 101 cm³/mol. The van der Waals surface area contributed by atoms with E-state index in [4.69, 9.17) is 4.42 Å². The number of carbonyl (C=O) groups excluding carboxylic acids is 1. The van der Waals surface area contributed by atoms with Crippen LogP contribution in [0.5, 0.6) is 0 Å². The first-order chi connectivity index (χ1) is 12.0. The van der Waals surface area contributed by atoms with Gasteiger partial charge in [-0.05, 0) is 31.2 Å². The second-order valence-corrected chi connectivity index (χ2v) is 6.98. The highest BCUT2D eigenvalue weighted by atomic mass is 16.3. The molecule has 4 nitrogen and oxygen atoms in total. The first-order valence-electron chi connectivity index (χ1n) is 8.96. The van der Waals surface area contributed by atoms with Crippen LogP contribution in [0.3, 0.4) is 0 Å². The molecule has 4 heteroatoms. The number of hydrogen-bond donors (Lipinski definition) is 1. The first-order valence-corrected chi connectivity index (χ1v) is 8.96. The lowest BCUT2D eigenvalue weighted by Crippen LogP contribution is -2.29. The van der Waals surface area contributed by atoms with Crippen molar-refractivity contribution in [2.45, 2.75) is 40.2 Å². The first kappa shape index (κ1) is 17.3. The van der Waals surface area contributed by atoms with Crippen LogP contribution in [-0.2, 0) is 13.0 Å². The number of carbonyl (C=O) groups is 1. The lowest BCUT2D eigenvalue weighted by molar-refractivity contribution is 0.0940. The Kier molecular flexibility index (Phi) is 5.27. The van der Waals surface area contributed by atoms with Gasteiger partial charge in [0.1, 0.15) is 11.5 Å². The van der Waals surface area contributed by atoms with Gasteiger partial charge in [0.05, 0.1) is 5.52 Å². The Labute approximate surface area is 148 Å². The summed E-state index contributed by atoms with van der Waals surface area (Å²) in [6.45, 7) is 7.59. The van der Waals surface area contributed by atoms with Gasteiger partial charge >= 0.3 is 0 Å². The number of hydrogen-bond acceptors (Lipinski definition) is 2. The molecule has 1 N–H and O–H groups in total. The van der Waals surface area contributed by atoms with Crippen LogP contribution >= 0.6 is 0 Å². The van der Waals surface area contributed by atoms with E-state index in [2.05, 4.69) is 48.0 Å². The van der Waals surface area contributed by atoms with Gasteiger partial charge in [-0.2, -0.15) is 0 Å². The van der Waals surface area contributed by atoms with E-state index in [1.54, 1.807) is 0 Å². The van der Waals surface area contributed by atoms with Gasteiger partial charge in [-0.15, -0.1) is 0 Å². The highest BCUT2D eigenvalue weighted by molar-refractivity contribution is 5.97. The third-order valence-electron chi connectivity index (χ3n) is 4.31. The summed E-state index contributed by atoms with van der Waals surface area (Å²) < 4.78 is 7.82. The standard InChI is InChI=1S/C21H26N2O2/c1-15(2)14-22-21(24)19-13-20-18(12-16(3)25-20)23(19)11-7-10-17-8-5-4-6-9-17/h4-6,8-9,12-13,15H,7,10-11,14H2,1-3H3,(H,22,24). The molecule has 0 aliphatic carbocycles. The molecule has 0 bridgehead atoms. The lowest BCUT2D eigenvalue weighted by atomic mass is 10.1. The summed E-state index contributed by atoms with van der Waals surface area (Å²) in [5.41, 5.74) is 3.79. The van der Waals surface area contributed by atoms with Crippen LogP contribution in [0, 0.1) is 12.8 Å². The monoisotopic (exact) mass is 338 g/mol. The van der Waals surface area contributed by atoms with Gasteiger partial charge in [-0.3, -0.25) is 4.79 Å². The molecule has 0 aliphatic rings. The molecule has 3 rings (SSSR count). The van der Waals surface area contributed by atoms with Gasteiger partial charge in [0.15, 0.2) is 5.58 Å². The number of nitrogens with zero attached hydrogens (tertiary/aromatic N) is 1. The molecule has 2 aromatic heterocycles. The Morgan fingerprint density at radius 1 is 1.20 bits per heavy atom. The number of fused-ring (bicyclic) bond motifs is 1. The van der Waals surface area contributed by atoms with Crippen LogP contribution in [-0.4, -0.2) is 17.0 Å². The average molecular weight is 338 g/mol. The fraction of sp³-hybridized carbons (Fsp3) is 0.381. The van der Waals surface area contributed by atoms with Crippen LogP contribution in [0.1, 0.15) is 42.1 Å². The Morgan fingerprint density at radius 2 is 1.96 bits per heavy atom. The minimum atomic E-state index is -0.0301. The maximum atomic E-state index is 12.6. The van der Waals surface area contributed by atoms with Gasteiger partial charge < -0.3 is 14.3 Å². The maximum Gasteiger partial charge on any atom is 0.268 e. The van der Waals surface area contributed by atoms with Gasteiger partial charge in [-0.25, -0.2) is 0 Å². The Balaban J connectivity index is 1.78. The lowest BCUT2D eigenvalue weighted by Gasteiger charge is -2.12. The van der Waals surface area contributed by atoms with Gasteiger partial charge in [0.25, 0.3) is 5.91 Å². The normalized spacial score (nSPS) is 11.4. The van der Waals surface area contributed by atoms with Crippen molar-refractivity contribution in [3.8, 4) is 0 Å². The number of benzene rings is 1. The third kappa shape index (κ3) is 4.13. The van der Waals surface area contributed by atoms with E-state index in [-0.39, 0.29) is 5.91 Å². The number of aromatic nitrogens is 1. The summed E-state index contributed by atoms with van der Waals surface area (Å²) in [6, 6.07) is 14.3. The second-order valence-electron chi connectivity index (χ2n) is 6.98. The fourth-order valence-corrected chi connectivity index (χ4v) is 3.07. The van der Waals surface area contributed by atoms with Crippen molar-refractivity contribution in [3.63, 3.8) is 0 Å². The topological polar surface area (TPSA) is 47.2 Å². The predicted octanol–water partition coefficient (Wildman–Crippen LogP) is 4.56. The number of rotatable bonds is 7. The van der Waals surface area contributed by atoms with Crippen molar-refractivity contribution in [2.75, 3.05) is 6.54 Å². The number of aryl methyl sites for hydroxylation is 3. The van der Waals surface area contributed by atoms with Crippen LogP contribution in [0.15, 0.2) is 46.9 Å². The molecular weight excluding hydrogens is 312 g/mol. The van der Waals surface area contributed by atoms with E-state index >= 15 is 0 Å².